The largest absolute Gasteiger partial charge is 0.441 e. The van der Waals surface area contributed by atoms with Crippen molar-refractivity contribution < 1.29 is 13.4 Å². The molecule has 0 aliphatic carbocycles. The average Bonchev–Trinajstić information content (AvgIpc) is 3.19. The Kier molecular flexibility index (Phi) is 6.33. The van der Waals surface area contributed by atoms with Crippen molar-refractivity contribution in [1.29, 1.82) is 0 Å². The minimum absolute atomic E-state index is 0.181. The summed E-state index contributed by atoms with van der Waals surface area (Å²) in [6.07, 6.45) is 1.69. The predicted molar refractivity (Wildman–Crippen MR) is 119 cm³/mol. The summed E-state index contributed by atoms with van der Waals surface area (Å²) in [5, 5.41) is 2.85. The van der Waals surface area contributed by atoms with Gasteiger partial charge in [-0.2, -0.15) is 0 Å². The van der Waals surface area contributed by atoms with Gasteiger partial charge in [-0.25, -0.2) is 4.98 Å². The van der Waals surface area contributed by atoms with E-state index in [4.69, 9.17) is 4.42 Å². The van der Waals surface area contributed by atoms with E-state index in [2.05, 4.69) is 15.3 Å². The summed E-state index contributed by atoms with van der Waals surface area (Å²) in [7, 11) is -1.20. The lowest BCUT2D eigenvalue weighted by molar-refractivity contribution is 0.0950. The molecule has 156 valence electrons. The summed E-state index contributed by atoms with van der Waals surface area (Å²) in [4.78, 5) is 21.8. The van der Waals surface area contributed by atoms with E-state index in [-0.39, 0.29) is 11.7 Å². The predicted octanol–water partition coefficient (Wildman–Crippen LogP) is 4.28. The number of carbonyl (C=O) groups is 1. The van der Waals surface area contributed by atoms with E-state index in [9.17, 15) is 9.00 Å². The Labute approximate surface area is 182 Å². The maximum absolute atomic E-state index is 12.6. The highest BCUT2D eigenvalue weighted by Gasteiger charge is 2.15. The number of aromatic nitrogens is 2. The van der Waals surface area contributed by atoms with Crippen LogP contribution in [0.5, 0.6) is 0 Å². The molecule has 2 aromatic carbocycles. The quantitative estimate of drug-likeness (QED) is 0.472. The van der Waals surface area contributed by atoms with Crippen LogP contribution < -0.4 is 5.32 Å². The molecule has 2 heterocycles. The molecule has 1 atom stereocenters. The number of nitrogens with zero attached hydrogens (tertiary/aromatic N) is 2. The first-order valence-corrected chi connectivity index (χ1v) is 11.1. The van der Waals surface area contributed by atoms with Gasteiger partial charge in [-0.3, -0.25) is 14.0 Å². The van der Waals surface area contributed by atoms with Crippen LogP contribution in [0.4, 0.5) is 0 Å². The van der Waals surface area contributed by atoms with Gasteiger partial charge in [-0.05, 0) is 55.5 Å². The fraction of sp³-hybridized carbons (Fsp3) is 0.125. The second kappa shape index (κ2) is 9.49. The summed E-state index contributed by atoms with van der Waals surface area (Å²) < 4.78 is 18.4. The molecule has 4 rings (SSSR count). The molecule has 0 radical (unpaired) electrons. The van der Waals surface area contributed by atoms with Gasteiger partial charge in [0.15, 0.2) is 0 Å². The fourth-order valence-corrected chi connectivity index (χ4v) is 4.15. The van der Waals surface area contributed by atoms with Crippen LogP contribution in [0.1, 0.15) is 27.5 Å². The molecule has 1 unspecified atom stereocenters. The van der Waals surface area contributed by atoms with E-state index in [0.29, 0.717) is 29.5 Å². The van der Waals surface area contributed by atoms with E-state index < -0.39 is 10.8 Å². The van der Waals surface area contributed by atoms with Crippen molar-refractivity contribution in [1.82, 2.24) is 15.3 Å². The lowest BCUT2D eigenvalue weighted by atomic mass is 10.1. The zero-order valence-electron chi connectivity index (χ0n) is 16.9. The lowest BCUT2D eigenvalue weighted by Crippen LogP contribution is -2.23. The van der Waals surface area contributed by atoms with Gasteiger partial charge in [0.05, 0.1) is 34.5 Å². The van der Waals surface area contributed by atoms with Crippen LogP contribution in [0.15, 0.2) is 88.3 Å². The number of aryl methyl sites for hydroxylation is 1. The fourth-order valence-electron chi connectivity index (χ4n) is 3.00. The van der Waals surface area contributed by atoms with Crippen LogP contribution in [-0.2, 0) is 23.1 Å². The highest BCUT2D eigenvalue weighted by Crippen LogP contribution is 2.24. The van der Waals surface area contributed by atoms with Crippen LogP contribution in [0.2, 0.25) is 0 Å². The molecule has 7 heteroatoms. The molecular formula is C24H21N3O3S. The van der Waals surface area contributed by atoms with E-state index in [1.54, 1.807) is 30.5 Å². The van der Waals surface area contributed by atoms with E-state index in [1.165, 1.54) is 0 Å². The first-order chi connectivity index (χ1) is 15.1. The zero-order chi connectivity index (χ0) is 21.6. The van der Waals surface area contributed by atoms with Gasteiger partial charge >= 0.3 is 0 Å². The maximum atomic E-state index is 12.6. The van der Waals surface area contributed by atoms with E-state index in [1.807, 2.05) is 55.5 Å². The molecule has 0 bridgehead atoms. The number of hydrogen-bond donors (Lipinski definition) is 1. The molecule has 1 amide bonds. The topological polar surface area (TPSA) is 85.1 Å². The number of hydrogen-bond acceptors (Lipinski definition) is 5. The van der Waals surface area contributed by atoms with Gasteiger partial charge in [0.1, 0.15) is 5.76 Å². The molecule has 2 aromatic heterocycles. The Bertz CT molecular complexity index is 1190. The summed E-state index contributed by atoms with van der Waals surface area (Å²) in [5.41, 5.74) is 2.74. The number of amides is 1. The van der Waals surface area contributed by atoms with E-state index in [0.717, 1.165) is 16.2 Å². The highest BCUT2D eigenvalue weighted by atomic mass is 32.2. The maximum Gasteiger partial charge on any atom is 0.251 e. The van der Waals surface area contributed by atoms with Crippen LogP contribution >= 0.6 is 0 Å². The lowest BCUT2D eigenvalue weighted by Gasteiger charge is -2.05. The normalized spacial score (nSPS) is 11.8. The van der Waals surface area contributed by atoms with Crippen molar-refractivity contribution in [3.05, 3.63) is 102 Å². The molecule has 0 saturated heterocycles. The molecule has 31 heavy (non-hydrogen) atoms. The Morgan fingerprint density at radius 1 is 1.00 bits per heavy atom. The molecule has 0 aliphatic heterocycles. The summed E-state index contributed by atoms with van der Waals surface area (Å²) in [5.74, 6) is 1.18. The van der Waals surface area contributed by atoms with Gasteiger partial charge in [0.25, 0.3) is 5.91 Å². The molecule has 1 N–H and O–H groups in total. The minimum Gasteiger partial charge on any atom is -0.441 e. The van der Waals surface area contributed by atoms with E-state index >= 15 is 0 Å². The van der Waals surface area contributed by atoms with Gasteiger partial charge in [-0.1, -0.05) is 24.3 Å². The van der Waals surface area contributed by atoms with Crippen molar-refractivity contribution >= 4 is 16.7 Å². The third kappa shape index (κ3) is 5.13. The molecule has 0 fully saturated rings. The number of nitrogens with one attached hydrogen (secondary N) is 1. The average molecular weight is 432 g/mol. The number of pyridine rings is 1. The molecule has 0 saturated carbocycles. The Morgan fingerprint density at radius 2 is 1.74 bits per heavy atom. The SMILES string of the molecule is Cc1oc(-c2ccc(C(=O)NCc3ccccn3)cc2)nc1CS(=O)c1ccccc1. The van der Waals surface area contributed by atoms with Crippen molar-refractivity contribution in [2.75, 3.05) is 0 Å². The molecule has 0 aliphatic rings. The third-order valence-electron chi connectivity index (χ3n) is 4.72. The summed E-state index contributed by atoms with van der Waals surface area (Å²) in [6.45, 7) is 2.18. The highest BCUT2D eigenvalue weighted by molar-refractivity contribution is 7.84. The van der Waals surface area contributed by atoms with Crippen molar-refractivity contribution in [2.45, 2.75) is 24.1 Å². The number of benzene rings is 2. The molecule has 0 spiro atoms. The van der Waals surface area contributed by atoms with Crippen molar-refractivity contribution in [2.24, 2.45) is 0 Å². The third-order valence-corrected chi connectivity index (χ3v) is 6.05. The van der Waals surface area contributed by atoms with Crippen LogP contribution in [0.3, 0.4) is 0 Å². The van der Waals surface area contributed by atoms with Crippen molar-refractivity contribution in [3.8, 4) is 11.5 Å². The second-order valence-electron chi connectivity index (χ2n) is 6.91. The first-order valence-electron chi connectivity index (χ1n) is 9.78. The van der Waals surface area contributed by atoms with Gasteiger partial charge in [-0.15, -0.1) is 0 Å². The summed E-state index contributed by atoms with van der Waals surface area (Å²) >= 11 is 0. The molecular weight excluding hydrogens is 410 g/mol. The summed E-state index contributed by atoms with van der Waals surface area (Å²) in [6, 6.07) is 21.9. The Hall–Kier alpha value is -3.58. The zero-order valence-corrected chi connectivity index (χ0v) is 17.8. The monoisotopic (exact) mass is 431 g/mol. The number of rotatable bonds is 7. The van der Waals surface area contributed by atoms with Crippen molar-refractivity contribution in [3.63, 3.8) is 0 Å². The standard InChI is InChI=1S/C24H21N3O3S/c1-17-22(16-31(29)21-8-3-2-4-9-21)27-24(30-17)19-12-10-18(11-13-19)23(28)26-15-20-7-5-6-14-25-20/h2-14H,15-16H2,1H3,(H,26,28). The minimum atomic E-state index is -1.20. The van der Waals surface area contributed by atoms with Crippen LogP contribution in [0.25, 0.3) is 11.5 Å². The van der Waals surface area contributed by atoms with Gasteiger partial charge in [0, 0.05) is 22.2 Å². The van der Waals surface area contributed by atoms with Crippen LogP contribution in [-0.4, -0.2) is 20.1 Å². The first kappa shape index (κ1) is 20.7. The van der Waals surface area contributed by atoms with Gasteiger partial charge < -0.3 is 9.73 Å². The van der Waals surface area contributed by atoms with Gasteiger partial charge in [0.2, 0.25) is 5.89 Å². The van der Waals surface area contributed by atoms with Crippen LogP contribution in [0, 0.1) is 6.92 Å². The molecule has 6 nitrogen and oxygen atoms in total. The number of oxazole rings is 1. The smallest absolute Gasteiger partial charge is 0.251 e. The second-order valence-corrected chi connectivity index (χ2v) is 8.36. The molecule has 4 aromatic rings. The number of carbonyl (C=O) groups excluding carboxylic acids is 1. The Balaban J connectivity index is 1.42. The Morgan fingerprint density at radius 3 is 2.45 bits per heavy atom.